The van der Waals surface area contributed by atoms with Gasteiger partial charge in [0.25, 0.3) is 0 Å². The third kappa shape index (κ3) is 4.23. The lowest BCUT2D eigenvalue weighted by Gasteiger charge is -2.49. The van der Waals surface area contributed by atoms with Gasteiger partial charge in [-0.1, -0.05) is 38.1 Å². The molecule has 0 saturated heterocycles. The molecule has 0 amide bonds. The molecule has 2 heterocycles. The van der Waals surface area contributed by atoms with E-state index in [1.807, 2.05) is 29.5 Å². The minimum atomic E-state index is -0.430. The second-order valence-electron chi connectivity index (χ2n) is 10.9. The molecule has 2 bridgehead atoms. The molecule has 6 heteroatoms. The number of benzene rings is 2. The fraction of sp³-hybridized carbons (Fsp3) is 0.414. The first-order chi connectivity index (χ1) is 17.0. The number of H-pyrrole nitrogens is 1. The molecule has 178 valence electrons. The number of hydrogen-bond donors (Lipinski definition) is 2. The van der Waals surface area contributed by atoms with Crippen LogP contribution in [-0.2, 0) is 5.41 Å². The Bertz CT molecular complexity index is 1360. The second kappa shape index (κ2) is 8.80. The Balaban J connectivity index is 1.21. The number of rotatable bonds is 5. The van der Waals surface area contributed by atoms with E-state index in [4.69, 9.17) is 4.98 Å². The van der Waals surface area contributed by atoms with Crippen molar-refractivity contribution in [1.29, 1.82) is 5.26 Å². The van der Waals surface area contributed by atoms with E-state index in [1.165, 1.54) is 47.6 Å². The van der Waals surface area contributed by atoms with Crippen LogP contribution in [0.15, 0.2) is 55.0 Å². The highest BCUT2D eigenvalue weighted by molar-refractivity contribution is 7.15. The van der Waals surface area contributed by atoms with Crippen molar-refractivity contribution in [3.63, 3.8) is 0 Å². The summed E-state index contributed by atoms with van der Waals surface area (Å²) in [6.45, 7) is 4.85. The van der Waals surface area contributed by atoms with Crippen molar-refractivity contribution in [2.45, 2.75) is 57.4 Å². The molecular formula is C29H31N5S. The highest BCUT2D eigenvalue weighted by Gasteiger charge is 2.46. The molecular weight excluding hydrogens is 450 g/mol. The third-order valence-corrected chi connectivity index (χ3v) is 9.27. The van der Waals surface area contributed by atoms with Crippen molar-refractivity contribution in [2.75, 3.05) is 5.32 Å². The van der Waals surface area contributed by atoms with Crippen LogP contribution in [0.3, 0.4) is 0 Å². The maximum Gasteiger partial charge on any atom is 0.140 e. The van der Waals surface area contributed by atoms with Gasteiger partial charge in [0.2, 0.25) is 0 Å². The van der Waals surface area contributed by atoms with E-state index < -0.39 is 6.04 Å². The third-order valence-electron chi connectivity index (χ3n) is 7.98. The average molecular weight is 482 g/mol. The molecule has 6 rings (SSSR count). The van der Waals surface area contributed by atoms with E-state index in [9.17, 15) is 5.26 Å². The highest BCUT2D eigenvalue weighted by Crippen LogP contribution is 2.55. The summed E-state index contributed by atoms with van der Waals surface area (Å²) < 4.78 is 0. The van der Waals surface area contributed by atoms with E-state index >= 15 is 0 Å². The van der Waals surface area contributed by atoms with Crippen LogP contribution in [0.4, 0.5) is 5.69 Å². The van der Waals surface area contributed by atoms with Crippen LogP contribution in [0.1, 0.15) is 62.6 Å². The van der Waals surface area contributed by atoms with Gasteiger partial charge >= 0.3 is 0 Å². The van der Waals surface area contributed by atoms with E-state index in [2.05, 4.69) is 65.7 Å². The lowest BCUT2D eigenvalue weighted by Crippen LogP contribution is -2.42. The number of aromatic nitrogens is 3. The Hall–Kier alpha value is -3.17. The number of anilines is 1. The monoisotopic (exact) mass is 481 g/mol. The predicted molar refractivity (Wildman–Crippen MR) is 142 cm³/mol. The van der Waals surface area contributed by atoms with Crippen LogP contribution >= 0.6 is 11.3 Å². The quantitative estimate of drug-likeness (QED) is 0.310. The largest absolute Gasteiger partial charge is 0.366 e. The summed E-state index contributed by atoms with van der Waals surface area (Å²) >= 11 is 1.88. The molecule has 2 aliphatic carbocycles. The summed E-state index contributed by atoms with van der Waals surface area (Å²) in [5.41, 5.74) is 5.15. The van der Waals surface area contributed by atoms with Crippen molar-refractivity contribution in [3.8, 4) is 16.5 Å². The van der Waals surface area contributed by atoms with E-state index in [0.29, 0.717) is 0 Å². The smallest absolute Gasteiger partial charge is 0.140 e. The van der Waals surface area contributed by atoms with Gasteiger partial charge in [-0.3, -0.25) is 0 Å². The fourth-order valence-corrected chi connectivity index (χ4v) is 7.98. The molecule has 2 aromatic heterocycles. The van der Waals surface area contributed by atoms with Gasteiger partial charge in [-0.25, -0.2) is 9.97 Å². The first-order valence-electron chi connectivity index (χ1n) is 12.7. The van der Waals surface area contributed by atoms with Crippen molar-refractivity contribution < 1.29 is 0 Å². The van der Waals surface area contributed by atoms with Crippen LogP contribution in [0.25, 0.3) is 21.5 Å². The number of fused-ring (bicyclic) bond motifs is 3. The molecule has 5 nitrogen and oxygen atoms in total. The summed E-state index contributed by atoms with van der Waals surface area (Å²) in [4.78, 5) is 13.6. The summed E-state index contributed by atoms with van der Waals surface area (Å²) in [5, 5.41) is 14.5. The van der Waals surface area contributed by atoms with Crippen molar-refractivity contribution >= 4 is 28.1 Å². The molecule has 2 saturated carbocycles. The summed E-state index contributed by atoms with van der Waals surface area (Å²) in [6.07, 6.45) is 10.4. The number of thiazole rings is 1. The molecule has 2 aliphatic rings. The molecule has 2 aromatic carbocycles. The summed E-state index contributed by atoms with van der Waals surface area (Å²) in [7, 11) is 0. The van der Waals surface area contributed by atoms with Crippen LogP contribution in [-0.4, -0.2) is 15.0 Å². The molecule has 2 N–H and O–H groups in total. The molecule has 0 spiro atoms. The lowest BCUT2D eigenvalue weighted by atomic mass is 9.57. The van der Waals surface area contributed by atoms with Gasteiger partial charge < -0.3 is 10.3 Å². The molecule has 4 aromatic rings. The molecule has 3 atom stereocenters. The number of aromatic amines is 1. The summed E-state index contributed by atoms with van der Waals surface area (Å²) in [6, 6.07) is 16.3. The molecule has 2 fully saturated rings. The van der Waals surface area contributed by atoms with E-state index in [1.54, 1.807) is 6.33 Å². The number of hydrogen-bond acceptors (Lipinski definition) is 5. The van der Waals surface area contributed by atoms with Gasteiger partial charge in [0.1, 0.15) is 6.04 Å². The van der Waals surface area contributed by atoms with Gasteiger partial charge in [-0.05, 0) is 79.2 Å². The van der Waals surface area contributed by atoms with Crippen molar-refractivity contribution in [2.24, 2.45) is 17.8 Å². The summed E-state index contributed by atoms with van der Waals surface area (Å²) in [5.74, 6) is 2.44. The topological polar surface area (TPSA) is 77.4 Å². The SMILES string of the molecule is CC1CC2CC(C)CC(c3ncc(-c4ccc(C(C#N)Nc5ccc6[nH]cnc6c5)cc4)s3)(C1)C2. The van der Waals surface area contributed by atoms with Gasteiger partial charge in [-0.15, -0.1) is 11.3 Å². The zero-order valence-corrected chi connectivity index (χ0v) is 21.1. The standard InChI is InChI=1S/C29H31N5S/c1-18-9-20-10-19(2)13-29(12-18,14-20)28-31-16-27(35-28)22-5-3-21(4-6-22)26(15-30)34-23-7-8-24-25(11-23)33-17-32-24/h3-8,11,16-20,26,34H,9-10,12-14H2,1-2H3,(H,32,33). The Morgan fingerprint density at radius 1 is 1.06 bits per heavy atom. The van der Waals surface area contributed by atoms with Crippen molar-refractivity contribution in [1.82, 2.24) is 15.0 Å². The fourth-order valence-electron chi connectivity index (χ4n) is 6.84. The van der Waals surface area contributed by atoms with E-state index in [0.717, 1.165) is 40.0 Å². The maximum absolute atomic E-state index is 9.83. The Morgan fingerprint density at radius 3 is 2.57 bits per heavy atom. The number of imidazole rings is 1. The minimum absolute atomic E-state index is 0.272. The lowest BCUT2D eigenvalue weighted by molar-refractivity contribution is 0.0778. The zero-order chi connectivity index (χ0) is 24.0. The van der Waals surface area contributed by atoms with Crippen LogP contribution in [0, 0.1) is 29.1 Å². The minimum Gasteiger partial charge on any atom is -0.366 e. The zero-order valence-electron chi connectivity index (χ0n) is 20.3. The average Bonchev–Trinajstić information content (AvgIpc) is 3.52. The van der Waals surface area contributed by atoms with Gasteiger partial charge in [-0.2, -0.15) is 5.26 Å². The van der Waals surface area contributed by atoms with Crippen LogP contribution in [0.5, 0.6) is 0 Å². The van der Waals surface area contributed by atoms with Crippen LogP contribution in [0.2, 0.25) is 0 Å². The normalized spacial score (nSPS) is 26.8. The first kappa shape index (κ1) is 22.3. The second-order valence-corrected chi connectivity index (χ2v) is 12.0. The van der Waals surface area contributed by atoms with Gasteiger partial charge in [0.15, 0.2) is 0 Å². The molecule has 35 heavy (non-hydrogen) atoms. The molecule has 0 aliphatic heterocycles. The van der Waals surface area contributed by atoms with E-state index in [-0.39, 0.29) is 5.41 Å². The molecule has 3 unspecified atom stereocenters. The Labute approximate surface area is 210 Å². The van der Waals surface area contributed by atoms with Crippen molar-refractivity contribution in [3.05, 3.63) is 65.6 Å². The van der Waals surface area contributed by atoms with Gasteiger partial charge in [0, 0.05) is 17.3 Å². The Kier molecular flexibility index (Phi) is 5.61. The first-order valence-corrected chi connectivity index (χ1v) is 13.5. The van der Waals surface area contributed by atoms with Crippen LogP contribution < -0.4 is 5.32 Å². The number of nitrogens with one attached hydrogen (secondary N) is 2. The molecule has 0 radical (unpaired) electrons. The van der Waals surface area contributed by atoms with Gasteiger partial charge in [0.05, 0.1) is 33.3 Å². The predicted octanol–water partition coefficient (Wildman–Crippen LogP) is 7.47. The number of nitriles is 1. The maximum atomic E-state index is 9.83. The highest BCUT2D eigenvalue weighted by atomic mass is 32.1. The Morgan fingerprint density at radius 2 is 1.83 bits per heavy atom. The number of nitrogens with zero attached hydrogens (tertiary/aromatic N) is 3.